The highest BCUT2D eigenvalue weighted by molar-refractivity contribution is 6.00. The molecule has 0 radical (unpaired) electrons. The molecule has 0 aliphatic carbocycles. The van der Waals surface area contributed by atoms with Crippen LogP contribution in [-0.2, 0) is 0 Å². The summed E-state index contributed by atoms with van der Waals surface area (Å²) in [4.78, 5) is 14.8. The van der Waals surface area contributed by atoms with Gasteiger partial charge in [-0.2, -0.15) is 5.10 Å². The third-order valence-corrected chi connectivity index (χ3v) is 5.21. The van der Waals surface area contributed by atoms with Crippen molar-refractivity contribution < 1.29 is 14.3 Å². The number of aromatic nitrogens is 2. The SMILES string of the molecule is CCCN1C(=O)c2[nH]nc(-c3c(C)cc(C)cc3O)c2C1c1ccc(F)cc1. The van der Waals surface area contributed by atoms with Crippen LogP contribution in [0.1, 0.15) is 52.1 Å². The number of phenolic OH excluding ortho intramolecular Hbond substituents is 1. The summed E-state index contributed by atoms with van der Waals surface area (Å²) in [7, 11) is 0. The number of halogens is 1. The fourth-order valence-electron chi connectivity index (χ4n) is 4.10. The molecule has 5 nitrogen and oxygen atoms in total. The number of carbonyl (C=O) groups excluding carboxylic acids is 1. The number of amides is 1. The van der Waals surface area contributed by atoms with Gasteiger partial charge in [0.2, 0.25) is 0 Å². The largest absolute Gasteiger partial charge is 0.507 e. The van der Waals surface area contributed by atoms with Crippen LogP contribution in [0.2, 0.25) is 0 Å². The molecule has 0 spiro atoms. The van der Waals surface area contributed by atoms with Gasteiger partial charge in [-0.1, -0.05) is 25.1 Å². The number of aromatic hydroxyl groups is 1. The standard InChI is InChI=1S/C22H22FN3O2/c1-4-9-26-21(14-5-7-15(23)8-6-14)18-19(24-25-20(18)22(26)28)17-13(3)10-12(2)11-16(17)27/h5-8,10-11,21,27H,4,9H2,1-3H3,(H,24,25). The van der Waals surface area contributed by atoms with Gasteiger partial charge in [0, 0.05) is 17.7 Å². The van der Waals surface area contributed by atoms with Crippen LogP contribution in [0.5, 0.6) is 5.75 Å². The first-order valence-corrected chi connectivity index (χ1v) is 9.37. The van der Waals surface area contributed by atoms with Crippen molar-refractivity contribution in [2.75, 3.05) is 6.54 Å². The number of hydrogen-bond acceptors (Lipinski definition) is 3. The first-order chi connectivity index (χ1) is 13.4. The first-order valence-electron chi connectivity index (χ1n) is 9.37. The lowest BCUT2D eigenvalue weighted by Gasteiger charge is -2.26. The van der Waals surface area contributed by atoms with Crippen molar-refractivity contribution in [3.63, 3.8) is 0 Å². The summed E-state index contributed by atoms with van der Waals surface area (Å²) >= 11 is 0. The molecule has 28 heavy (non-hydrogen) atoms. The molecule has 6 heteroatoms. The molecule has 4 rings (SSSR count). The lowest BCUT2D eigenvalue weighted by Crippen LogP contribution is -2.30. The second-order valence-corrected chi connectivity index (χ2v) is 7.29. The van der Waals surface area contributed by atoms with Gasteiger partial charge < -0.3 is 10.0 Å². The number of aryl methyl sites for hydroxylation is 2. The zero-order chi connectivity index (χ0) is 20.0. The normalized spacial score (nSPS) is 15.9. The van der Waals surface area contributed by atoms with Crippen molar-refractivity contribution in [2.24, 2.45) is 0 Å². The summed E-state index contributed by atoms with van der Waals surface area (Å²) in [5.74, 6) is -0.324. The number of fused-ring (bicyclic) bond motifs is 1. The number of benzene rings is 2. The molecule has 1 aromatic heterocycles. The van der Waals surface area contributed by atoms with Gasteiger partial charge in [0.25, 0.3) is 5.91 Å². The van der Waals surface area contributed by atoms with Crippen molar-refractivity contribution >= 4 is 5.91 Å². The molecular formula is C22H22FN3O2. The van der Waals surface area contributed by atoms with Gasteiger partial charge in [-0.3, -0.25) is 9.89 Å². The Morgan fingerprint density at radius 1 is 1.21 bits per heavy atom. The van der Waals surface area contributed by atoms with E-state index in [-0.39, 0.29) is 23.5 Å². The van der Waals surface area contributed by atoms with E-state index in [1.54, 1.807) is 23.1 Å². The lowest BCUT2D eigenvalue weighted by atomic mass is 9.93. The molecule has 1 amide bonds. The Hall–Kier alpha value is -3.15. The van der Waals surface area contributed by atoms with Gasteiger partial charge in [-0.25, -0.2) is 4.39 Å². The third kappa shape index (κ3) is 2.76. The van der Waals surface area contributed by atoms with Crippen molar-refractivity contribution in [1.82, 2.24) is 15.1 Å². The van der Waals surface area contributed by atoms with Gasteiger partial charge in [0.05, 0.1) is 6.04 Å². The lowest BCUT2D eigenvalue weighted by molar-refractivity contribution is 0.0744. The topological polar surface area (TPSA) is 69.2 Å². The molecule has 1 atom stereocenters. The Morgan fingerprint density at radius 3 is 2.57 bits per heavy atom. The number of rotatable bonds is 4. The van der Waals surface area contributed by atoms with Crippen LogP contribution in [0.4, 0.5) is 4.39 Å². The van der Waals surface area contributed by atoms with Crippen LogP contribution in [0.3, 0.4) is 0 Å². The second-order valence-electron chi connectivity index (χ2n) is 7.29. The van der Waals surface area contributed by atoms with Gasteiger partial charge in [-0.05, 0) is 55.2 Å². The number of hydrogen-bond donors (Lipinski definition) is 2. The molecule has 0 bridgehead atoms. The van der Waals surface area contributed by atoms with Gasteiger partial charge in [0.1, 0.15) is 23.0 Å². The molecule has 0 fully saturated rings. The molecule has 2 aromatic carbocycles. The summed E-state index contributed by atoms with van der Waals surface area (Å²) in [6.45, 7) is 6.41. The maximum atomic E-state index is 13.5. The number of nitrogens with zero attached hydrogens (tertiary/aromatic N) is 2. The second kappa shape index (κ2) is 6.78. The van der Waals surface area contributed by atoms with E-state index >= 15 is 0 Å². The Morgan fingerprint density at radius 2 is 1.93 bits per heavy atom. The maximum Gasteiger partial charge on any atom is 0.273 e. The maximum absolute atomic E-state index is 13.5. The molecule has 144 valence electrons. The highest BCUT2D eigenvalue weighted by atomic mass is 19.1. The average molecular weight is 379 g/mol. The molecule has 1 unspecified atom stereocenters. The van der Waals surface area contributed by atoms with E-state index in [2.05, 4.69) is 10.2 Å². The van der Waals surface area contributed by atoms with Gasteiger partial charge >= 0.3 is 0 Å². The van der Waals surface area contributed by atoms with E-state index in [0.717, 1.165) is 28.7 Å². The fraction of sp³-hybridized carbons (Fsp3) is 0.273. The quantitative estimate of drug-likeness (QED) is 0.702. The molecular weight excluding hydrogens is 357 g/mol. The summed E-state index contributed by atoms with van der Waals surface area (Å²) in [5.41, 5.74) is 4.97. The van der Waals surface area contributed by atoms with E-state index < -0.39 is 0 Å². The Labute approximate surface area is 162 Å². The van der Waals surface area contributed by atoms with E-state index in [1.165, 1.54) is 12.1 Å². The van der Waals surface area contributed by atoms with Gasteiger partial charge in [0.15, 0.2) is 0 Å². The monoisotopic (exact) mass is 379 g/mol. The molecule has 3 aromatic rings. The number of nitrogens with one attached hydrogen (secondary N) is 1. The van der Waals surface area contributed by atoms with Crippen molar-refractivity contribution in [1.29, 1.82) is 0 Å². The van der Waals surface area contributed by atoms with Gasteiger partial charge in [-0.15, -0.1) is 0 Å². The molecule has 0 saturated heterocycles. The van der Waals surface area contributed by atoms with Crippen LogP contribution in [-0.4, -0.2) is 32.7 Å². The predicted octanol–water partition coefficient (Wildman–Crippen LogP) is 4.49. The number of H-pyrrole nitrogens is 1. The molecule has 2 heterocycles. The van der Waals surface area contributed by atoms with E-state index in [4.69, 9.17) is 0 Å². The van der Waals surface area contributed by atoms with E-state index in [1.807, 2.05) is 26.8 Å². The minimum absolute atomic E-state index is 0.130. The zero-order valence-corrected chi connectivity index (χ0v) is 16.1. The van der Waals surface area contributed by atoms with Crippen LogP contribution < -0.4 is 0 Å². The molecule has 1 aliphatic heterocycles. The van der Waals surface area contributed by atoms with Crippen LogP contribution in [0.15, 0.2) is 36.4 Å². The summed E-state index contributed by atoms with van der Waals surface area (Å²) in [6.07, 6.45) is 0.797. The van der Waals surface area contributed by atoms with Crippen molar-refractivity contribution in [3.05, 3.63) is 70.2 Å². The number of carbonyl (C=O) groups is 1. The van der Waals surface area contributed by atoms with Crippen LogP contribution >= 0.6 is 0 Å². The minimum atomic E-state index is -0.378. The van der Waals surface area contributed by atoms with Crippen LogP contribution in [0, 0.1) is 19.7 Å². The van der Waals surface area contributed by atoms with E-state index in [0.29, 0.717) is 23.5 Å². The van der Waals surface area contributed by atoms with Crippen molar-refractivity contribution in [3.8, 4) is 17.0 Å². The molecule has 1 aliphatic rings. The summed E-state index contributed by atoms with van der Waals surface area (Å²) in [6, 6.07) is 9.48. The Balaban J connectivity index is 1.94. The molecule has 0 saturated carbocycles. The Bertz CT molecular complexity index is 1030. The smallest absolute Gasteiger partial charge is 0.273 e. The minimum Gasteiger partial charge on any atom is -0.507 e. The molecule has 2 N–H and O–H groups in total. The van der Waals surface area contributed by atoms with E-state index in [9.17, 15) is 14.3 Å². The fourth-order valence-corrected chi connectivity index (χ4v) is 4.10. The average Bonchev–Trinajstić information content (AvgIpc) is 3.16. The number of phenols is 1. The predicted molar refractivity (Wildman–Crippen MR) is 105 cm³/mol. The number of aromatic amines is 1. The Kier molecular flexibility index (Phi) is 4.41. The highest BCUT2D eigenvalue weighted by Crippen LogP contribution is 2.45. The summed E-state index contributed by atoms with van der Waals surface area (Å²) < 4.78 is 13.5. The first kappa shape index (κ1) is 18.2. The third-order valence-electron chi connectivity index (χ3n) is 5.21. The zero-order valence-electron chi connectivity index (χ0n) is 16.1. The summed E-state index contributed by atoms with van der Waals surface area (Å²) in [5, 5.41) is 17.9. The van der Waals surface area contributed by atoms with Crippen molar-refractivity contribution in [2.45, 2.75) is 33.2 Å². The highest BCUT2D eigenvalue weighted by Gasteiger charge is 2.42. The van der Waals surface area contributed by atoms with Crippen LogP contribution in [0.25, 0.3) is 11.3 Å².